The zero-order chi connectivity index (χ0) is 25.2. The molecule has 3 heteroatoms. The van der Waals surface area contributed by atoms with E-state index in [0.29, 0.717) is 10.0 Å². The quantitative estimate of drug-likeness (QED) is 0.215. The Morgan fingerprint density at radius 3 is 1.05 bits per heavy atom. The molecule has 37 heavy (non-hydrogen) atoms. The van der Waals surface area contributed by atoms with Gasteiger partial charge < -0.3 is 4.57 Å². The van der Waals surface area contributed by atoms with Crippen LogP contribution in [0.4, 0.5) is 0 Å². The Morgan fingerprint density at radius 2 is 0.703 bits per heavy atom. The molecule has 1 aromatic heterocycles. The number of benzene rings is 5. The summed E-state index contributed by atoms with van der Waals surface area (Å²) >= 11 is 13.2. The smallest absolute Gasteiger partial charge is 0.0619 e. The van der Waals surface area contributed by atoms with E-state index in [1.807, 2.05) is 24.3 Å². The molecule has 0 atom stereocenters. The fraction of sp³-hybridized carbons (Fsp3) is 0. The van der Waals surface area contributed by atoms with Gasteiger partial charge in [-0.2, -0.15) is 0 Å². The van der Waals surface area contributed by atoms with Crippen LogP contribution in [0.3, 0.4) is 0 Å². The van der Waals surface area contributed by atoms with Gasteiger partial charge in [-0.05, 0) is 40.5 Å². The van der Waals surface area contributed by atoms with Gasteiger partial charge in [0.1, 0.15) is 0 Å². The zero-order valence-electron chi connectivity index (χ0n) is 20.0. The third-order valence-corrected chi connectivity index (χ3v) is 6.93. The number of hydrogen-bond donors (Lipinski definition) is 0. The highest BCUT2D eigenvalue weighted by Crippen LogP contribution is 2.50. The van der Waals surface area contributed by atoms with Crippen LogP contribution in [0.15, 0.2) is 140 Å². The number of aromatic nitrogens is 1. The van der Waals surface area contributed by atoms with Crippen LogP contribution in [0.5, 0.6) is 0 Å². The van der Waals surface area contributed by atoms with E-state index in [-0.39, 0.29) is 0 Å². The van der Waals surface area contributed by atoms with Crippen LogP contribution in [0.1, 0.15) is 0 Å². The standard InChI is InChI=1S/C34H23Cl2N/c35-28-21-29(36)23-30(22-28)37-33(26-17-9-3-10-18-26)31(24-13-5-1-6-14-24)32(25-15-7-2-8-16-25)34(37)27-19-11-4-12-20-27/h1-23H. The van der Waals surface area contributed by atoms with Gasteiger partial charge in [0.2, 0.25) is 0 Å². The first-order valence-electron chi connectivity index (χ1n) is 12.2. The van der Waals surface area contributed by atoms with Gasteiger partial charge in [0.15, 0.2) is 0 Å². The second-order valence-corrected chi connectivity index (χ2v) is 9.75. The molecule has 0 aliphatic carbocycles. The molecule has 0 bridgehead atoms. The molecule has 178 valence electrons. The summed E-state index contributed by atoms with van der Waals surface area (Å²) < 4.78 is 2.31. The molecule has 1 nitrogen and oxygen atoms in total. The van der Waals surface area contributed by atoms with Crippen molar-refractivity contribution in [1.29, 1.82) is 0 Å². The Kier molecular flexibility index (Phi) is 6.40. The SMILES string of the molecule is Clc1cc(Cl)cc(-n2c(-c3ccccc3)c(-c3ccccc3)c(-c3ccccc3)c2-c2ccccc2)c1. The summed E-state index contributed by atoms with van der Waals surface area (Å²) in [5, 5.41) is 1.19. The molecule has 0 amide bonds. The summed E-state index contributed by atoms with van der Waals surface area (Å²) in [7, 11) is 0. The normalized spacial score (nSPS) is 11.0. The molecule has 6 rings (SSSR count). The second kappa shape index (κ2) is 10.1. The van der Waals surface area contributed by atoms with Gasteiger partial charge in [-0.25, -0.2) is 0 Å². The molecular weight excluding hydrogens is 493 g/mol. The highest BCUT2D eigenvalue weighted by molar-refractivity contribution is 6.35. The summed E-state index contributed by atoms with van der Waals surface area (Å²) in [6.45, 7) is 0. The molecule has 0 aliphatic rings. The minimum atomic E-state index is 0.594. The highest BCUT2D eigenvalue weighted by Gasteiger charge is 2.27. The average Bonchev–Trinajstić information content (AvgIpc) is 3.31. The maximum absolute atomic E-state index is 6.58. The molecule has 0 spiro atoms. The lowest BCUT2D eigenvalue weighted by Crippen LogP contribution is -2.00. The van der Waals surface area contributed by atoms with Crippen LogP contribution in [0, 0.1) is 0 Å². The minimum absolute atomic E-state index is 0.594. The van der Waals surface area contributed by atoms with Crippen molar-refractivity contribution >= 4 is 23.2 Å². The van der Waals surface area contributed by atoms with Crippen molar-refractivity contribution < 1.29 is 0 Å². The van der Waals surface area contributed by atoms with E-state index < -0.39 is 0 Å². The van der Waals surface area contributed by atoms with Crippen molar-refractivity contribution in [3.05, 3.63) is 150 Å². The van der Waals surface area contributed by atoms with E-state index >= 15 is 0 Å². The fourth-order valence-electron chi connectivity index (χ4n) is 5.01. The van der Waals surface area contributed by atoms with E-state index in [0.717, 1.165) is 50.5 Å². The van der Waals surface area contributed by atoms with Gasteiger partial charge in [-0.3, -0.25) is 0 Å². The first-order valence-corrected chi connectivity index (χ1v) is 12.9. The molecule has 5 aromatic carbocycles. The van der Waals surface area contributed by atoms with Gasteiger partial charge in [-0.1, -0.05) is 145 Å². The lowest BCUT2D eigenvalue weighted by Gasteiger charge is -2.16. The van der Waals surface area contributed by atoms with E-state index in [4.69, 9.17) is 23.2 Å². The zero-order valence-corrected chi connectivity index (χ0v) is 21.5. The lowest BCUT2D eigenvalue weighted by atomic mass is 9.91. The van der Waals surface area contributed by atoms with Crippen LogP contribution < -0.4 is 0 Å². The molecule has 0 saturated carbocycles. The Morgan fingerprint density at radius 1 is 0.378 bits per heavy atom. The Balaban J connectivity index is 1.87. The van der Waals surface area contributed by atoms with E-state index in [9.17, 15) is 0 Å². The predicted octanol–water partition coefficient (Wildman–Crippen LogP) is 10.5. The van der Waals surface area contributed by atoms with Crippen LogP contribution in [0.25, 0.3) is 50.5 Å². The van der Waals surface area contributed by atoms with Gasteiger partial charge in [0, 0.05) is 26.9 Å². The summed E-state index contributed by atoms with van der Waals surface area (Å²) in [6, 6.07) is 48.0. The van der Waals surface area contributed by atoms with E-state index in [2.05, 4.69) is 114 Å². The van der Waals surface area contributed by atoms with Crippen molar-refractivity contribution in [3.63, 3.8) is 0 Å². The Hall–Kier alpha value is -4.04. The number of halogens is 2. The van der Waals surface area contributed by atoms with E-state index in [1.54, 1.807) is 6.07 Å². The van der Waals surface area contributed by atoms with Crippen LogP contribution in [0.2, 0.25) is 10.0 Å². The minimum Gasteiger partial charge on any atom is -0.308 e. The Labute approximate surface area is 227 Å². The molecule has 0 fully saturated rings. The number of nitrogens with zero attached hydrogens (tertiary/aromatic N) is 1. The van der Waals surface area contributed by atoms with Crippen LogP contribution >= 0.6 is 23.2 Å². The molecule has 0 unspecified atom stereocenters. The van der Waals surface area contributed by atoms with Gasteiger partial charge >= 0.3 is 0 Å². The van der Waals surface area contributed by atoms with E-state index in [1.165, 1.54) is 0 Å². The van der Waals surface area contributed by atoms with Crippen molar-refractivity contribution in [2.24, 2.45) is 0 Å². The molecule has 0 N–H and O–H groups in total. The molecule has 0 saturated heterocycles. The summed E-state index contributed by atoms with van der Waals surface area (Å²) in [5.74, 6) is 0. The van der Waals surface area contributed by atoms with Crippen molar-refractivity contribution in [2.45, 2.75) is 0 Å². The number of rotatable bonds is 5. The summed E-state index contributed by atoms with van der Waals surface area (Å²) in [4.78, 5) is 0. The first-order chi connectivity index (χ1) is 18.2. The molecule has 1 heterocycles. The van der Waals surface area contributed by atoms with Crippen molar-refractivity contribution in [1.82, 2.24) is 4.57 Å². The van der Waals surface area contributed by atoms with Gasteiger partial charge in [-0.15, -0.1) is 0 Å². The monoisotopic (exact) mass is 515 g/mol. The third-order valence-electron chi connectivity index (χ3n) is 6.50. The van der Waals surface area contributed by atoms with Gasteiger partial charge in [0.25, 0.3) is 0 Å². The topological polar surface area (TPSA) is 4.93 Å². The summed E-state index contributed by atoms with van der Waals surface area (Å²) in [6.07, 6.45) is 0. The number of hydrogen-bond acceptors (Lipinski definition) is 0. The molecule has 6 aromatic rings. The lowest BCUT2D eigenvalue weighted by molar-refractivity contribution is 1.10. The van der Waals surface area contributed by atoms with Crippen molar-refractivity contribution in [2.75, 3.05) is 0 Å². The maximum Gasteiger partial charge on any atom is 0.0619 e. The average molecular weight is 516 g/mol. The molecule has 0 radical (unpaired) electrons. The Bertz CT molecular complexity index is 1540. The molecule has 0 aliphatic heterocycles. The van der Waals surface area contributed by atoms with Crippen LogP contribution in [-0.4, -0.2) is 4.57 Å². The van der Waals surface area contributed by atoms with Crippen LogP contribution in [-0.2, 0) is 0 Å². The fourth-order valence-corrected chi connectivity index (χ4v) is 5.52. The maximum atomic E-state index is 6.58. The van der Waals surface area contributed by atoms with Gasteiger partial charge in [0.05, 0.1) is 11.4 Å². The predicted molar refractivity (Wildman–Crippen MR) is 158 cm³/mol. The third kappa shape index (κ3) is 4.49. The van der Waals surface area contributed by atoms with Crippen molar-refractivity contribution in [3.8, 4) is 50.5 Å². The second-order valence-electron chi connectivity index (χ2n) is 8.87. The summed E-state index contributed by atoms with van der Waals surface area (Å²) in [5.41, 5.74) is 9.91. The first kappa shape index (κ1) is 23.4. The highest BCUT2D eigenvalue weighted by atomic mass is 35.5. The molecular formula is C34H23Cl2N. The largest absolute Gasteiger partial charge is 0.308 e.